The SMILES string of the molecule is BrCC1CCCO1.CC(=O)c1c(OCc2ccccc2)c(=O)[nH]c2ccsc12.CC(=O)c1c(OCc2ccccc2)c(=O)n(CC2CCCO2)c2ccsc12. The van der Waals surface area contributed by atoms with Crippen molar-refractivity contribution in [2.45, 2.75) is 71.5 Å². The van der Waals surface area contributed by atoms with Gasteiger partial charge in [-0.3, -0.25) is 19.2 Å². The van der Waals surface area contributed by atoms with Gasteiger partial charge in [-0.25, -0.2) is 0 Å². The van der Waals surface area contributed by atoms with E-state index in [0.29, 0.717) is 29.3 Å². The summed E-state index contributed by atoms with van der Waals surface area (Å²) in [4.78, 5) is 52.4. The molecule has 2 atom stereocenters. The lowest BCUT2D eigenvalue weighted by Gasteiger charge is -2.17. The Bertz CT molecular complexity index is 2320. The van der Waals surface area contributed by atoms with Crippen molar-refractivity contribution in [2.24, 2.45) is 0 Å². The van der Waals surface area contributed by atoms with Gasteiger partial charge in [0.2, 0.25) is 0 Å². The van der Waals surface area contributed by atoms with E-state index in [-0.39, 0.29) is 53.5 Å². The number of carbonyl (C=O) groups excluding carboxylic acids is 2. The smallest absolute Gasteiger partial charge is 0.294 e. The Kier molecular flexibility index (Phi) is 14.2. The number of ether oxygens (including phenoxy) is 4. The summed E-state index contributed by atoms with van der Waals surface area (Å²) in [6.45, 7) is 5.60. The van der Waals surface area contributed by atoms with Crippen molar-refractivity contribution < 1.29 is 28.5 Å². The minimum absolute atomic E-state index is 0.0240. The number of hydrogen-bond donors (Lipinski definition) is 1. The van der Waals surface area contributed by atoms with Gasteiger partial charge in [0, 0.05) is 18.5 Å². The van der Waals surface area contributed by atoms with Crippen LogP contribution in [0.3, 0.4) is 0 Å². The van der Waals surface area contributed by atoms with Crippen LogP contribution in [-0.4, -0.2) is 51.9 Å². The number of pyridine rings is 2. The van der Waals surface area contributed by atoms with Gasteiger partial charge in [0.15, 0.2) is 23.1 Å². The highest BCUT2D eigenvalue weighted by Crippen LogP contribution is 2.32. The summed E-state index contributed by atoms with van der Waals surface area (Å²) < 4.78 is 25.8. The number of benzene rings is 2. The molecule has 2 aliphatic heterocycles. The molecule has 0 bridgehead atoms. The highest BCUT2D eigenvalue weighted by Gasteiger charge is 2.25. The third kappa shape index (κ3) is 10.1. The van der Waals surface area contributed by atoms with E-state index in [1.807, 2.05) is 77.5 Å². The second-order valence-corrected chi connectivity index (χ2v) is 15.6. The molecule has 0 aliphatic carbocycles. The molecule has 6 aromatic rings. The van der Waals surface area contributed by atoms with E-state index in [4.69, 9.17) is 18.9 Å². The van der Waals surface area contributed by atoms with Crippen molar-refractivity contribution in [3.8, 4) is 11.5 Å². The fourth-order valence-electron chi connectivity index (χ4n) is 6.45. The summed E-state index contributed by atoms with van der Waals surface area (Å²) in [6.07, 6.45) is 4.97. The number of H-pyrrole nitrogens is 1. The number of Topliss-reactive ketones (excluding diaryl/α,β-unsaturated/α-hetero) is 2. The fourth-order valence-corrected chi connectivity index (χ4v) is 8.89. The van der Waals surface area contributed by atoms with Crippen molar-refractivity contribution >= 4 is 70.6 Å². The van der Waals surface area contributed by atoms with Gasteiger partial charge < -0.3 is 28.5 Å². The highest BCUT2D eigenvalue weighted by atomic mass is 79.9. The van der Waals surface area contributed by atoms with Gasteiger partial charge in [0.25, 0.3) is 11.1 Å². The Morgan fingerprint density at radius 2 is 1.31 bits per heavy atom. The lowest BCUT2D eigenvalue weighted by atomic mass is 10.1. The molecule has 0 radical (unpaired) electrons. The van der Waals surface area contributed by atoms with Gasteiger partial charge >= 0.3 is 0 Å². The van der Waals surface area contributed by atoms with Gasteiger partial charge in [0.05, 0.1) is 50.3 Å². The van der Waals surface area contributed by atoms with Crippen LogP contribution >= 0.6 is 38.6 Å². The van der Waals surface area contributed by atoms with Crippen LogP contribution in [0.1, 0.15) is 71.4 Å². The normalized spacial score (nSPS) is 16.3. The summed E-state index contributed by atoms with van der Waals surface area (Å²) in [5.74, 6) is -0.0934. The second kappa shape index (κ2) is 19.5. The zero-order chi connectivity index (χ0) is 38.7. The third-order valence-electron chi connectivity index (χ3n) is 9.16. The quantitative estimate of drug-likeness (QED) is 0.101. The van der Waals surface area contributed by atoms with Crippen molar-refractivity contribution in [3.05, 3.63) is 127 Å². The van der Waals surface area contributed by atoms with Gasteiger partial charge in [0.1, 0.15) is 13.2 Å². The molecule has 1 N–H and O–H groups in total. The Hall–Kier alpha value is -4.40. The lowest BCUT2D eigenvalue weighted by molar-refractivity contribution is 0.0967. The molecular formula is C42H43BrN2O8S2. The molecule has 13 heteroatoms. The zero-order valence-electron chi connectivity index (χ0n) is 30.7. The van der Waals surface area contributed by atoms with Crippen LogP contribution in [-0.2, 0) is 29.2 Å². The van der Waals surface area contributed by atoms with Gasteiger partial charge in [-0.2, -0.15) is 0 Å². The van der Waals surface area contributed by atoms with Crippen molar-refractivity contribution in [3.63, 3.8) is 0 Å². The monoisotopic (exact) mass is 846 g/mol. The van der Waals surface area contributed by atoms with Crippen molar-refractivity contribution in [2.75, 3.05) is 18.5 Å². The summed E-state index contributed by atoms with van der Waals surface area (Å²) in [7, 11) is 0. The lowest BCUT2D eigenvalue weighted by Crippen LogP contribution is -2.29. The summed E-state index contributed by atoms with van der Waals surface area (Å²) in [5, 5.41) is 4.75. The minimum atomic E-state index is -0.373. The molecule has 10 nitrogen and oxygen atoms in total. The number of aromatic amines is 1. The van der Waals surface area contributed by atoms with Crippen LogP contribution in [0.15, 0.2) is 93.1 Å². The standard InChI is InChI=1S/C21H21NO4S.C16H13NO3S.C5H9BrO/c1-14(23)18-19(26-13-15-6-3-2-4-7-15)21(24)22(12-16-8-5-10-25-16)17-9-11-27-20(17)18;1-10(18)13-14(20-9-11-5-3-2-4-6-11)16(19)17-12-7-8-21-15(12)13;6-4-5-2-1-3-7-5/h2-4,6-7,9,11,16H,5,8,10,12-13H2,1H3;2-8H,9H2,1H3,(H,17,19);5H,1-4H2. The Morgan fingerprint density at radius 3 is 1.85 bits per heavy atom. The number of aromatic nitrogens is 2. The average molecular weight is 848 g/mol. The number of halogens is 1. The number of rotatable bonds is 11. The predicted molar refractivity (Wildman–Crippen MR) is 222 cm³/mol. The van der Waals surface area contributed by atoms with E-state index < -0.39 is 0 Å². The van der Waals surface area contributed by atoms with Gasteiger partial charge in [-0.05, 0) is 73.6 Å². The third-order valence-corrected chi connectivity index (χ3v) is 11.7. The topological polar surface area (TPSA) is 126 Å². The molecule has 8 rings (SSSR count). The van der Waals surface area contributed by atoms with Crippen LogP contribution in [0, 0.1) is 0 Å². The summed E-state index contributed by atoms with van der Waals surface area (Å²) in [6, 6.07) is 22.8. The first-order valence-electron chi connectivity index (χ1n) is 18.2. The van der Waals surface area contributed by atoms with Gasteiger partial charge in [-0.15, -0.1) is 22.7 Å². The molecule has 2 aromatic carbocycles. The average Bonchev–Trinajstić information content (AvgIpc) is 4.04. The van der Waals surface area contributed by atoms with Crippen LogP contribution in [0.5, 0.6) is 11.5 Å². The van der Waals surface area contributed by atoms with E-state index >= 15 is 0 Å². The largest absolute Gasteiger partial charge is 0.482 e. The second-order valence-electron chi connectivity index (χ2n) is 13.2. The number of alkyl halides is 1. The van der Waals surface area contributed by atoms with E-state index in [0.717, 1.165) is 57.4 Å². The molecule has 6 heterocycles. The first-order valence-corrected chi connectivity index (χ1v) is 21.0. The van der Waals surface area contributed by atoms with Crippen LogP contribution in [0.4, 0.5) is 0 Å². The molecule has 4 aromatic heterocycles. The molecule has 0 saturated carbocycles. The van der Waals surface area contributed by atoms with Crippen LogP contribution in [0.25, 0.3) is 20.4 Å². The zero-order valence-corrected chi connectivity index (χ0v) is 33.9. The number of nitrogens with zero attached hydrogens (tertiary/aromatic N) is 1. The number of nitrogens with one attached hydrogen (secondary N) is 1. The van der Waals surface area contributed by atoms with Crippen LogP contribution in [0.2, 0.25) is 0 Å². The van der Waals surface area contributed by atoms with E-state index in [1.54, 1.807) is 10.6 Å². The predicted octanol–water partition coefficient (Wildman–Crippen LogP) is 8.96. The summed E-state index contributed by atoms with van der Waals surface area (Å²) >= 11 is 6.22. The molecule has 2 saturated heterocycles. The molecule has 2 unspecified atom stereocenters. The minimum Gasteiger partial charge on any atom is -0.482 e. The van der Waals surface area contributed by atoms with Gasteiger partial charge in [-0.1, -0.05) is 76.6 Å². The molecule has 55 heavy (non-hydrogen) atoms. The van der Waals surface area contributed by atoms with Crippen LogP contribution < -0.4 is 20.6 Å². The van der Waals surface area contributed by atoms with Crippen molar-refractivity contribution in [1.82, 2.24) is 9.55 Å². The van der Waals surface area contributed by atoms with E-state index in [9.17, 15) is 19.2 Å². The molecular weight excluding hydrogens is 805 g/mol. The van der Waals surface area contributed by atoms with E-state index in [1.165, 1.54) is 49.4 Å². The summed E-state index contributed by atoms with van der Waals surface area (Å²) in [5.41, 5.74) is 3.44. The number of ketones is 2. The fraction of sp³-hybridized carbons (Fsp3) is 0.333. The molecule has 0 amide bonds. The maximum absolute atomic E-state index is 13.2. The molecule has 2 fully saturated rings. The number of thiophene rings is 2. The first kappa shape index (κ1) is 40.3. The maximum Gasteiger partial charge on any atom is 0.294 e. The molecule has 2 aliphatic rings. The Balaban J connectivity index is 0.000000162. The molecule has 0 spiro atoms. The number of fused-ring (bicyclic) bond motifs is 2. The number of carbonyl (C=O) groups is 2. The highest BCUT2D eigenvalue weighted by molar-refractivity contribution is 9.09. The van der Waals surface area contributed by atoms with E-state index in [2.05, 4.69) is 20.9 Å². The Morgan fingerprint density at radius 1 is 0.764 bits per heavy atom. The Labute approximate surface area is 335 Å². The number of hydrogen-bond acceptors (Lipinski definition) is 10. The van der Waals surface area contributed by atoms with Crippen molar-refractivity contribution in [1.29, 1.82) is 0 Å². The molecule has 288 valence electrons. The first-order chi connectivity index (χ1) is 26.7. The maximum atomic E-state index is 13.2.